The number of hydrogen-bond acceptors (Lipinski definition) is 3. The quantitative estimate of drug-likeness (QED) is 0.755. The van der Waals surface area contributed by atoms with Crippen LogP contribution in [-0.2, 0) is 4.79 Å². The highest BCUT2D eigenvalue weighted by Gasteiger charge is 2.34. The average Bonchev–Trinajstić information content (AvgIpc) is 3.23. The Bertz CT molecular complexity index is 877. The molecular formula is C19H19FN3OS+. The van der Waals surface area contributed by atoms with Crippen molar-refractivity contribution in [2.24, 2.45) is 0 Å². The summed E-state index contributed by atoms with van der Waals surface area (Å²) in [5, 5.41) is 3.77. The minimum Gasteiger partial charge on any atom is -0.319 e. The normalized spacial score (nSPS) is 20.0. The van der Waals surface area contributed by atoms with Crippen LogP contribution in [0.15, 0.2) is 48.5 Å². The molecule has 2 aromatic carbocycles. The molecule has 1 unspecified atom stereocenters. The van der Waals surface area contributed by atoms with Crippen LogP contribution in [-0.4, -0.2) is 24.0 Å². The van der Waals surface area contributed by atoms with E-state index in [0.717, 1.165) is 29.9 Å². The number of hydrogen-bond donors (Lipinski definition) is 2. The van der Waals surface area contributed by atoms with Gasteiger partial charge in [0, 0.05) is 12.8 Å². The fraction of sp³-hybridized carbons (Fsp3) is 0.263. The van der Waals surface area contributed by atoms with Gasteiger partial charge in [-0.25, -0.2) is 9.37 Å². The maximum absolute atomic E-state index is 13.7. The lowest BCUT2D eigenvalue weighted by Gasteiger charge is -2.19. The molecule has 0 saturated carbocycles. The van der Waals surface area contributed by atoms with Crippen LogP contribution >= 0.6 is 11.3 Å². The zero-order valence-corrected chi connectivity index (χ0v) is 14.5. The molecule has 1 aromatic heterocycles. The molecule has 25 heavy (non-hydrogen) atoms. The van der Waals surface area contributed by atoms with Gasteiger partial charge in [0.1, 0.15) is 11.9 Å². The molecule has 4 rings (SSSR count). The van der Waals surface area contributed by atoms with E-state index in [4.69, 9.17) is 4.98 Å². The fourth-order valence-corrected chi connectivity index (χ4v) is 4.58. The number of carbonyl (C=O) groups excluding carboxylic acids is 1. The first-order valence-electron chi connectivity index (χ1n) is 8.45. The van der Waals surface area contributed by atoms with Crippen LogP contribution in [0, 0.1) is 5.82 Å². The second-order valence-electron chi connectivity index (χ2n) is 6.33. The number of nitrogens with one attached hydrogen (secondary N) is 2. The third kappa shape index (κ3) is 3.41. The molecule has 128 valence electrons. The third-order valence-electron chi connectivity index (χ3n) is 4.63. The smallest absolute Gasteiger partial charge is 0.279 e. The van der Waals surface area contributed by atoms with Crippen LogP contribution in [0.3, 0.4) is 0 Å². The van der Waals surface area contributed by atoms with E-state index in [1.807, 2.05) is 18.2 Å². The number of benzene rings is 2. The number of anilines is 1. The SMILES string of the molecule is O=C(C[NH+]1CCC[C@H]1c1nc2ccccc2s1)Nc1ccccc1F. The molecule has 1 aliphatic rings. The monoisotopic (exact) mass is 356 g/mol. The summed E-state index contributed by atoms with van der Waals surface area (Å²) in [5.41, 5.74) is 1.26. The van der Waals surface area contributed by atoms with E-state index in [-0.39, 0.29) is 17.6 Å². The van der Waals surface area contributed by atoms with Crippen molar-refractivity contribution in [3.8, 4) is 0 Å². The molecule has 0 spiro atoms. The standard InChI is InChI=1S/C19H18FN3OS/c20-13-6-1-2-7-14(13)21-18(24)12-23-11-5-9-16(23)19-22-15-8-3-4-10-17(15)25-19/h1-4,6-8,10,16H,5,9,11-12H2,(H,21,24)/p+1/t16-/m0/s1. The molecular weight excluding hydrogens is 337 g/mol. The van der Waals surface area contributed by atoms with Crippen molar-refractivity contribution in [3.63, 3.8) is 0 Å². The van der Waals surface area contributed by atoms with Crippen LogP contribution in [0.25, 0.3) is 10.2 Å². The Morgan fingerprint density at radius 2 is 2.04 bits per heavy atom. The number of aromatic nitrogens is 1. The van der Waals surface area contributed by atoms with Crippen molar-refractivity contribution in [2.75, 3.05) is 18.4 Å². The van der Waals surface area contributed by atoms with Crippen molar-refractivity contribution in [1.82, 2.24) is 4.98 Å². The first-order valence-corrected chi connectivity index (χ1v) is 9.27. The van der Waals surface area contributed by atoms with E-state index >= 15 is 0 Å². The largest absolute Gasteiger partial charge is 0.319 e. The number of amides is 1. The predicted molar refractivity (Wildman–Crippen MR) is 97.3 cm³/mol. The van der Waals surface area contributed by atoms with Gasteiger partial charge in [0.2, 0.25) is 0 Å². The van der Waals surface area contributed by atoms with Crippen LogP contribution in [0.2, 0.25) is 0 Å². The Labute approximate surface area is 149 Å². The number of rotatable bonds is 4. The van der Waals surface area contributed by atoms with Gasteiger partial charge in [-0.2, -0.15) is 0 Å². The lowest BCUT2D eigenvalue weighted by Crippen LogP contribution is -3.11. The number of para-hydroxylation sites is 2. The van der Waals surface area contributed by atoms with Gasteiger partial charge >= 0.3 is 0 Å². The molecule has 1 fully saturated rings. The molecule has 0 radical (unpaired) electrons. The van der Waals surface area contributed by atoms with Gasteiger partial charge in [-0.15, -0.1) is 11.3 Å². The molecule has 3 aromatic rings. The van der Waals surface area contributed by atoms with Crippen molar-refractivity contribution >= 4 is 33.1 Å². The molecule has 2 heterocycles. The van der Waals surface area contributed by atoms with Gasteiger partial charge in [0.25, 0.3) is 5.91 Å². The number of carbonyl (C=O) groups is 1. The number of quaternary nitrogens is 1. The Morgan fingerprint density at radius 1 is 1.24 bits per heavy atom. The molecule has 1 aliphatic heterocycles. The van der Waals surface area contributed by atoms with Crippen LogP contribution < -0.4 is 10.2 Å². The van der Waals surface area contributed by atoms with E-state index < -0.39 is 5.82 Å². The first-order chi connectivity index (χ1) is 12.2. The van der Waals surface area contributed by atoms with E-state index in [1.54, 1.807) is 29.5 Å². The summed E-state index contributed by atoms with van der Waals surface area (Å²) in [7, 11) is 0. The number of likely N-dealkylation sites (tertiary alicyclic amines) is 1. The Kier molecular flexibility index (Phi) is 4.46. The Balaban J connectivity index is 1.48. The minimum absolute atomic E-state index is 0.159. The summed E-state index contributed by atoms with van der Waals surface area (Å²) in [6.07, 6.45) is 2.10. The van der Waals surface area contributed by atoms with Crippen molar-refractivity contribution < 1.29 is 14.1 Å². The molecule has 0 bridgehead atoms. The van der Waals surface area contributed by atoms with E-state index in [0.29, 0.717) is 6.54 Å². The van der Waals surface area contributed by atoms with E-state index in [9.17, 15) is 9.18 Å². The van der Waals surface area contributed by atoms with Crippen molar-refractivity contribution in [3.05, 3.63) is 59.4 Å². The van der Waals surface area contributed by atoms with Crippen molar-refractivity contribution in [2.45, 2.75) is 18.9 Å². The van der Waals surface area contributed by atoms with Gasteiger partial charge in [-0.1, -0.05) is 24.3 Å². The maximum atomic E-state index is 13.7. The predicted octanol–water partition coefficient (Wildman–Crippen LogP) is 2.79. The summed E-state index contributed by atoms with van der Waals surface area (Å²) >= 11 is 1.71. The zero-order chi connectivity index (χ0) is 17.2. The van der Waals surface area contributed by atoms with Crippen LogP contribution in [0.1, 0.15) is 23.9 Å². The van der Waals surface area contributed by atoms with Crippen molar-refractivity contribution in [1.29, 1.82) is 0 Å². The lowest BCUT2D eigenvalue weighted by atomic mass is 10.2. The van der Waals surface area contributed by atoms with Crippen LogP contribution in [0.4, 0.5) is 10.1 Å². The molecule has 6 heteroatoms. The van der Waals surface area contributed by atoms with Gasteiger partial charge in [0.15, 0.2) is 11.6 Å². The average molecular weight is 356 g/mol. The molecule has 0 aliphatic carbocycles. The number of thiazole rings is 1. The second kappa shape index (κ2) is 6.90. The van der Waals surface area contributed by atoms with Crippen LogP contribution in [0.5, 0.6) is 0 Å². The summed E-state index contributed by atoms with van der Waals surface area (Å²) < 4.78 is 14.9. The van der Waals surface area contributed by atoms with Gasteiger partial charge in [0.05, 0.1) is 22.4 Å². The molecule has 1 amide bonds. The van der Waals surface area contributed by atoms with Gasteiger partial charge in [-0.05, 0) is 24.3 Å². The lowest BCUT2D eigenvalue weighted by molar-refractivity contribution is -0.910. The molecule has 2 atom stereocenters. The molecule has 1 saturated heterocycles. The highest BCUT2D eigenvalue weighted by molar-refractivity contribution is 7.18. The summed E-state index contributed by atoms with van der Waals surface area (Å²) in [4.78, 5) is 18.3. The fourth-order valence-electron chi connectivity index (χ4n) is 3.42. The molecule has 2 N–H and O–H groups in total. The van der Waals surface area contributed by atoms with E-state index in [2.05, 4.69) is 11.4 Å². The third-order valence-corrected chi connectivity index (χ3v) is 5.78. The van der Waals surface area contributed by atoms with Gasteiger partial charge in [-0.3, -0.25) is 4.79 Å². The number of fused-ring (bicyclic) bond motifs is 1. The molecule has 4 nitrogen and oxygen atoms in total. The maximum Gasteiger partial charge on any atom is 0.279 e. The number of halogens is 1. The highest BCUT2D eigenvalue weighted by atomic mass is 32.1. The summed E-state index contributed by atoms with van der Waals surface area (Å²) in [6, 6.07) is 14.6. The zero-order valence-electron chi connectivity index (χ0n) is 13.7. The Morgan fingerprint density at radius 3 is 2.88 bits per heavy atom. The summed E-state index contributed by atoms with van der Waals surface area (Å²) in [6.45, 7) is 1.26. The second-order valence-corrected chi connectivity index (χ2v) is 7.39. The first kappa shape index (κ1) is 16.2. The minimum atomic E-state index is -0.407. The number of nitrogens with zero attached hydrogens (tertiary/aromatic N) is 1. The Hall–Kier alpha value is -2.31. The summed E-state index contributed by atoms with van der Waals surface area (Å²) in [5.74, 6) is -0.567. The van der Waals surface area contributed by atoms with Gasteiger partial charge < -0.3 is 10.2 Å². The topological polar surface area (TPSA) is 46.4 Å². The van der Waals surface area contributed by atoms with E-state index in [1.165, 1.54) is 15.7 Å². The highest BCUT2D eigenvalue weighted by Crippen LogP contribution is 2.28.